The van der Waals surface area contributed by atoms with E-state index in [1.165, 1.54) is 0 Å². The summed E-state index contributed by atoms with van der Waals surface area (Å²) in [5, 5.41) is 6.24. The summed E-state index contributed by atoms with van der Waals surface area (Å²) in [4.78, 5) is 46.1. The minimum absolute atomic E-state index is 0.0637. The zero-order chi connectivity index (χ0) is 22.2. The molecule has 1 aliphatic carbocycles. The van der Waals surface area contributed by atoms with E-state index in [0.29, 0.717) is 48.7 Å². The molecule has 1 aromatic heterocycles. The lowest BCUT2D eigenvalue weighted by Crippen LogP contribution is -2.81. The Kier molecular flexibility index (Phi) is 4.92. The third kappa shape index (κ3) is 2.82. The largest absolute Gasteiger partial charge is 0.310 e. The molecule has 2 heterocycles. The number of Topliss-reactive ketones (excluding diaryl/α,β-unsaturated/α-hetero) is 2. The number of nitrogens with zero attached hydrogens (tertiary/aromatic N) is 2. The molecule has 2 aliphatic rings. The second kappa shape index (κ2) is 7.78. The molecule has 2 aromatic carbocycles. The van der Waals surface area contributed by atoms with Crippen LogP contribution in [0.1, 0.15) is 31.1 Å². The predicted molar refractivity (Wildman–Crippen MR) is 120 cm³/mol. The zero-order valence-electron chi connectivity index (χ0n) is 17.5. The number of carbonyl (C=O) groups is 3. The van der Waals surface area contributed by atoms with E-state index in [9.17, 15) is 14.4 Å². The third-order valence-electron chi connectivity index (χ3n) is 6.47. The molecule has 3 aromatic rings. The lowest BCUT2D eigenvalue weighted by atomic mass is 9.94. The van der Waals surface area contributed by atoms with Crippen LogP contribution in [0.3, 0.4) is 0 Å². The summed E-state index contributed by atoms with van der Waals surface area (Å²) in [6.45, 7) is 2.02. The highest BCUT2D eigenvalue weighted by atomic mass is 16.2. The number of hydrogen-bond acceptors (Lipinski definition) is 5. The molecule has 0 spiro atoms. The van der Waals surface area contributed by atoms with Gasteiger partial charge in [-0.3, -0.25) is 19.7 Å². The number of piperazine rings is 1. The van der Waals surface area contributed by atoms with E-state index in [1.807, 2.05) is 18.2 Å². The molecule has 160 valence electrons. The quantitative estimate of drug-likeness (QED) is 0.492. The highest BCUT2D eigenvalue weighted by Crippen LogP contribution is 2.41. The Morgan fingerprint density at radius 1 is 0.844 bits per heavy atom. The van der Waals surface area contributed by atoms with Crippen molar-refractivity contribution in [3.05, 3.63) is 95.7 Å². The van der Waals surface area contributed by atoms with E-state index in [4.69, 9.17) is 0 Å². The molecule has 1 aliphatic heterocycles. The van der Waals surface area contributed by atoms with Crippen LogP contribution in [0.2, 0.25) is 0 Å². The molecule has 1 amide bonds. The number of amides is 1. The van der Waals surface area contributed by atoms with Crippen LogP contribution in [0.15, 0.2) is 79.0 Å². The topological polar surface area (TPSA) is 88.2 Å². The van der Waals surface area contributed by atoms with Gasteiger partial charge in [0.15, 0.2) is 0 Å². The first kappa shape index (κ1) is 20.2. The van der Waals surface area contributed by atoms with Gasteiger partial charge in [0, 0.05) is 42.0 Å². The molecule has 0 radical (unpaired) electrons. The average molecular weight is 427 g/mol. The molecule has 1 saturated heterocycles. The van der Waals surface area contributed by atoms with Gasteiger partial charge in [0.25, 0.3) is 17.5 Å². The fourth-order valence-corrected chi connectivity index (χ4v) is 4.93. The molecule has 7 heteroatoms. The molecule has 0 unspecified atom stereocenters. The van der Waals surface area contributed by atoms with E-state index in [1.54, 1.807) is 60.8 Å². The maximum atomic E-state index is 14.1. The van der Waals surface area contributed by atoms with Crippen LogP contribution in [-0.2, 0) is 0 Å². The monoisotopic (exact) mass is 427 g/mol. The average Bonchev–Trinajstić information content (AvgIpc) is 3.08. The summed E-state index contributed by atoms with van der Waals surface area (Å²) in [5.74, 6) is -0.672. The standard InChI is InChI=1S/C25H22N4O3/c30-22-19-10-4-5-11-20(19)23(31)25(22,28-24(32)18-8-2-1-3-9-18)29(16-14-26-15-17-29)21-12-6-7-13-27-21/h1-13,26H,14-17H2/p+1. The van der Waals surface area contributed by atoms with Gasteiger partial charge in [-0.05, 0) is 18.2 Å². The summed E-state index contributed by atoms with van der Waals surface area (Å²) in [6, 6.07) is 20.9. The van der Waals surface area contributed by atoms with Crippen molar-refractivity contribution < 1.29 is 14.4 Å². The molecule has 0 bridgehead atoms. The summed E-state index contributed by atoms with van der Waals surface area (Å²) in [6.07, 6.45) is 1.65. The van der Waals surface area contributed by atoms with E-state index in [-0.39, 0.29) is 4.48 Å². The fourth-order valence-electron chi connectivity index (χ4n) is 4.93. The van der Waals surface area contributed by atoms with Gasteiger partial charge in [-0.2, -0.15) is 0 Å². The van der Waals surface area contributed by atoms with Gasteiger partial charge in [0.05, 0.1) is 13.1 Å². The number of rotatable bonds is 4. The summed E-state index contributed by atoms with van der Waals surface area (Å²) >= 11 is 0. The normalized spacial score (nSPS) is 18.8. The smallest absolute Gasteiger partial charge is 0.306 e. The van der Waals surface area contributed by atoms with Crippen molar-refractivity contribution in [2.24, 2.45) is 0 Å². The van der Waals surface area contributed by atoms with Gasteiger partial charge >= 0.3 is 5.66 Å². The van der Waals surface area contributed by atoms with E-state index in [0.717, 1.165) is 0 Å². The van der Waals surface area contributed by atoms with Gasteiger partial charge in [-0.1, -0.05) is 48.5 Å². The van der Waals surface area contributed by atoms with Gasteiger partial charge in [-0.15, -0.1) is 0 Å². The second-order valence-corrected chi connectivity index (χ2v) is 8.09. The van der Waals surface area contributed by atoms with Crippen molar-refractivity contribution in [1.82, 2.24) is 20.1 Å². The summed E-state index contributed by atoms with van der Waals surface area (Å²) in [7, 11) is 0. The molecule has 5 rings (SSSR count). The first-order valence-corrected chi connectivity index (χ1v) is 10.7. The minimum Gasteiger partial charge on any atom is -0.306 e. The number of ketones is 2. The van der Waals surface area contributed by atoms with Crippen molar-refractivity contribution in [1.29, 1.82) is 0 Å². The fraction of sp³-hybridized carbons (Fsp3) is 0.200. The Balaban J connectivity index is 1.75. The van der Waals surface area contributed by atoms with Crippen LogP contribution in [0, 0.1) is 0 Å². The Bertz CT molecular complexity index is 1150. The SMILES string of the molecule is O=C(NC1([N+]2(c3ccccn3)CCNCC2)C(=O)c2ccccc2C1=O)c1ccccc1. The van der Waals surface area contributed by atoms with E-state index < -0.39 is 23.1 Å². The van der Waals surface area contributed by atoms with Crippen LogP contribution in [-0.4, -0.2) is 54.3 Å². The molecule has 7 nitrogen and oxygen atoms in total. The molecule has 0 atom stereocenters. The number of pyridine rings is 1. The number of aromatic nitrogens is 1. The van der Waals surface area contributed by atoms with Crippen molar-refractivity contribution in [2.45, 2.75) is 5.66 Å². The van der Waals surface area contributed by atoms with Crippen LogP contribution in [0.4, 0.5) is 5.82 Å². The first-order chi connectivity index (χ1) is 15.6. The maximum absolute atomic E-state index is 14.1. The maximum Gasteiger partial charge on any atom is 0.310 e. The lowest BCUT2D eigenvalue weighted by molar-refractivity contribution is 0.0333. The number of nitrogens with one attached hydrogen (secondary N) is 2. The van der Waals surface area contributed by atoms with Crippen LogP contribution in [0.5, 0.6) is 0 Å². The van der Waals surface area contributed by atoms with Gasteiger partial charge in [0.2, 0.25) is 5.82 Å². The number of carbonyl (C=O) groups excluding carboxylic acids is 3. The van der Waals surface area contributed by atoms with Gasteiger partial charge < -0.3 is 5.32 Å². The molecule has 2 N–H and O–H groups in total. The van der Waals surface area contributed by atoms with Crippen molar-refractivity contribution in [3.63, 3.8) is 0 Å². The predicted octanol–water partition coefficient (Wildman–Crippen LogP) is 2.20. The molecular weight excluding hydrogens is 404 g/mol. The number of fused-ring (bicyclic) bond motifs is 1. The Hall–Kier alpha value is -3.68. The number of quaternary nitrogens is 1. The highest BCUT2D eigenvalue weighted by molar-refractivity contribution is 6.34. The number of hydrogen-bond donors (Lipinski definition) is 2. The van der Waals surface area contributed by atoms with Crippen molar-refractivity contribution >= 4 is 23.3 Å². The van der Waals surface area contributed by atoms with E-state index in [2.05, 4.69) is 15.6 Å². The first-order valence-electron chi connectivity index (χ1n) is 10.7. The Labute approximate surface area is 185 Å². The second-order valence-electron chi connectivity index (χ2n) is 8.09. The molecule has 0 saturated carbocycles. The zero-order valence-corrected chi connectivity index (χ0v) is 17.5. The van der Waals surface area contributed by atoms with Crippen LogP contribution in [0.25, 0.3) is 0 Å². The van der Waals surface area contributed by atoms with Crippen molar-refractivity contribution in [2.75, 3.05) is 26.2 Å². The Morgan fingerprint density at radius 3 is 2.03 bits per heavy atom. The lowest BCUT2D eigenvalue weighted by Gasteiger charge is -2.49. The summed E-state index contributed by atoms with van der Waals surface area (Å²) in [5.41, 5.74) is -0.777. The van der Waals surface area contributed by atoms with Crippen LogP contribution >= 0.6 is 0 Å². The van der Waals surface area contributed by atoms with E-state index >= 15 is 0 Å². The molecular formula is C25H23N4O3+. The van der Waals surface area contributed by atoms with Gasteiger partial charge in [-0.25, -0.2) is 9.47 Å². The molecule has 1 fully saturated rings. The van der Waals surface area contributed by atoms with Gasteiger partial charge in [0.1, 0.15) is 0 Å². The van der Waals surface area contributed by atoms with Crippen molar-refractivity contribution in [3.8, 4) is 0 Å². The minimum atomic E-state index is -1.83. The third-order valence-corrected chi connectivity index (χ3v) is 6.47. The van der Waals surface area contributed by atoms with Crippen LogP contribution < -0.4 is 15.1 Å². The summed E-state index contributed by atoms with van der Waals surface area (Å²) < 4.78 is -0.0637. The Morgan fingerprint density at radius 2 is 1.44 bits per heavy atom. The molecule has 32 heavy (non-hydrogen) atoms. The number of benzene rings is 2. The highest BCUT2D eigenvalue weighted by Gasteiger charge is 2.69.